The molecule has 1 N–H and O–H groups in total. The zero-order chi connectivity index (χ0) is 23.6. The van der Waals surface area contributed by atoms with E-state index in [4.69, 9.17) is 14.2 Å². The summed E-state index contributed by atoms with van der Waals surface area (Å²) in [6.45, 7) is 5.53. The van der Waals surface area contributed by atoms with E-state index in [9.17, 15) is 0 Å². The number of nitrogens with zero attached hydrogens (tertiary/aromatic N) is 2. The van der Waals surface area contributed by atoms with Crippen LogP contribution >= 0.6 is 11.3 Å². The van der Waals surface area contributed by atoms with Gasteiger partial charge in [-0.05, 0) is 61.4 Å². The van der Waals surface area contributed by atoms with Crippen LogP contribution in [0, 0.1) is 0 Å². The molecule has 0 saturated heterocycles. The fourth-order valence-electron chi connectivity index (χ4n) is 3.23. The van der Waals surface area contributed by atoms with E-state index in [1.165, 1.54) is 11.3 Å². The first-order valence-electron chi connectivity index (χ1n) is 11.2. The molecular formula is C27H27N3O3S. The molecule has 0 spiro atoms. The third-order valence-electron chi connectivity index (χ3n) is 4.84. The second-order valence-corrected chi connectivity index (χ2v) is 8.14. The van der Waals surface area contributed by atoms with E-state index in [2.05, 4.69) is 15.5 Å². The van der Waals surface area contributed by atoms with Crippen LogP contribution in [-0.4, -0.2) is 24.4 Å². The summed E-state index contributed by atoms with van der Waals surface area (Å²) >= 11 is 1.52. The van der Waals surface area contributed by atoms with Crippen LogP contribution in [0.15, 0.2) is 83.3 Å². The highest BCUT2D eigenvalue weighted by Gasteiger charge is 2.07. The van der Waals surface area contributed by atoms with Gasteiger partial charge in [0.25, 0.3) is 0 Å². The van der Waals surface area contributed by atoms with Gasteiger partial charge in [0, 0.05) is 10.9 Å². The molecule has 0 atom stereocenters. The van der Waals surface area contributed by atoms with Gasteiger partial charge in [-0.2, -0.15) is 5.10 Å². The molecule has 0 saturated carbocycles. The SMILES string of the molecule is CCOc1ccc(COc2ccc(C=NNc3nc(-c4ccccc4)cs3)cc2)cc1OCC. The average Bonchev–Trinajstić information content (AvgIpc) is 3.35. The largest absolute Gasteiger partial charge is 0.490 e. The van der Waals surface area contributed by atoms with Crippen molar-refractivity contribution in [3.63, 3.8) is 0 Å². The van der Waals surface area contributed by atoms with Gasteiger partial charge in [-0.25, -0.2) is 4.98 Å². The highest BCUT2D eigenvalue weighted by Crippen LogP contribution is 2.29. The predicted octanol–water partition coefficient (Wildman–Crippen LogP) is 6.63. The number of nitrogens with one attached hydrogen (secondary N) is 1. The van der Waals surface area contributed by atoms with Gasteiger partial charge >= 0.3 is 0 Å². The van der Waals surface area contributed by atoms with Crippen molar-refractivity contribution >= 4 is 22.7 Å². The molecule has 0 amide bonds. The lowest BCUT2D eigenvalue weighted by molar-refractivity contribution is 0.283. The van der Waals surface area contributed by atoms with E-state index in [-0.39, 0.29) is 0 Å². The summed E-state index contributed by atoms with van der Waals surface area (Å²) in [5.74, 6) is 2.27. The molecule has 3 aromatic carbocycles. The summed E-state index contributed by atoms with van der Waals surface area (Å²) in [7, 11) is 0. The molecule has 0 bridgehead atoms. The number of hydrogen-bond donors (Lipinski definition) is 1. The molecule has 4 rings (SSSR count). The smallest absolute Gasteiger partial charge is 0.203 e. The maximum absolute atomic E-state index is 5.93. The van der Waals surface area contributed by atoms with Gasteiger partial charge in [-0.3, -0.25) is 5.43 Å². The van der Waals surface area contributed by atoms with Crippen LogP contribution in [-0.2, 0) is 6.61 Å². The molecule has 7 heteroatoms. The zero-order valence-electron chi connectivity index (χ0n) is 19.2. The van der Waals surface area contributed by atoms with Gasteiger partial charge in [-0.1, -0.05) is 36.4 Å². The van der Waals surface area contributed by atoms with Crippen LogP contribution in [0.4, 0.5) is 5.13 Å². The molecule has 6 nitrogen and oxygen atoms in total. The third-order valence-corrected chi connectivity index (χ3v) is 5.59. The lowest BCUT2D eigenvalue weighted by Gasteiger charge is -2.13. The van der Waals surface area contributed by atoms with E-state index in [1.54, 1.807) is 6.21 Å². The Morgan fingerprint density at radius 1 is 0.882 bits per heavy atom. The number of hydrogen-bond acceptors (Lipinski definition) is 7. The molecule has 1 aromatic heterocycles. The van der Waals surface area contributed by atoms with E-state index < -0.39 is 0 Å². The van der Waals surface area contributed by atoms with Crippen LogP contribution < -0.4 is 19.6 Å². The number of ether oxygens (including phenoxy) is 3. The maximum atomic E-state index is 5.93. The minimum atomic E-state index is 0.440. The van der Waals surface area contributed by atoms with Gasteiger partial charge in [0.2, 0.25) is 5.13 Å². The zero-order valence-corrected chi connectivity index (χ0v) is 20.0. The van der Waals surface area contributed by atoms with E-state index >= 15 is 0 Å². The number of rotatable bonds is 11. The quantitative estimate of drug-likeness (QED) is 0.196. The van der Waals surface area contributed by atoms with Crippen LogP contribution in [0.3, 0.4) is 0 Å². The Kier molecular flexibility index (Phi) is 8.13. The normalized spacial score (nSPS) is 10.9. The van der Waals surface area contributed by atoms with Crippen LogP contribution in [0.2, 0.25) is 0 Å². The Morgan fingerprint density at radius 2 is 1.65 bits per heavy atom. The summed E-state index contributed by atoms with van der Waals surface area (Å²) < 4.78 is 17.2. The number of benzene rings is 3. The topological polar surface area (TPSA) is 65.0 Å². The first-order valence-corrected chi connectivity index (χ1v) is 12.0. The minimum absolute atomic E-state index is 0.440. The lowest BCUT2D eigenvalue weighted by atomic mass is 10.2. The summed E-state index contributed by atoms with van der Waals surface area (Å²) in [6.07, 6.45) is 1.76. The Balaban J connectivity index is 1.30. The molecule has 1 heterocycles. The van der Waals surface area contributed by atoms with Gasteiger partial charge in [0.15, 0.2) is 11.5 Å². The van der Waals surface area contributed by atoms with Crippen LogP contribution in [0.5, 0.6) is 17.2 Å². The van der Waals surface area contributed by atoms with Gasteiger partial charge < -0.3 is 14.2 Å². The molecule has 0 aliphatic rings. The molecular weight excluding hydrogens is 446 g/mol. The average molecular weight is 474 g/mol. The number of thiazole rings is 1. The molecule has 0 unspecified atom stereocenters. The third kappa shape index (κ3) is 6.36. The number of hydrazone groups is 1. The van der Waals surface area contributed by atoms with E-state index in [1.807, 2.05) is 92.0 Å². The summed E-state index contributed by atoms with van der Waals surface area (Å²) in [5.41, 5.74) is 6.99. The van der Waals surface area contributed by atoms with Crippen molar-refractivity contribution in [3.05, 3.63) is 89.3 Å². The van der Waals surface area contributed by atoms with Crippen molar-refractivity contribution in [1.82, 2.24) is 4.98 Å². The van der Waals surface area contributed by atoms with E-state index in [0.29, 0.717) is 19.8 Å². The highest BCUT2D eigenvalue weighted by atomic mass is 32.1. The van der Waals surface area contributed by atoms with E-state index in [0.717, 1.165) is 44.8 Å². The Bertz CT molecular complexity index is 1210. The lowest BCUT2D eigenvalue weighted by Crippen LogP contribution is -2.01. The number of aromatic nitrogens is 1. The Morgan fingerprint density at radius 3 is 2.41 bits per heavy atom. The van der Waals surface area contributed by atoms with Crippen molar-refractivity contribution in [3.8, 4) is 28.5 Å². The van der Waals surface area contributed by atoms with Crippen molar-refractivity contribution in [2.24, 2.45) is 5.10 Å². The van der Waals surface area contributed by atoms with Crippen molar-refractivity contribution in [2.75, 3.05) is 18.6 Å². The molecule has 0 aliphatic carbocycles. The molecule has 0 radical (unpaired) electrons. The van der Waals surface area contributed by atoms with Crippen molar-refractivity contribution in [1.29, 1.82) is 0 Å². The fourth-order valence-corrected chi connectivity index (χ4v) is 3.90. The second-order valence-electron chi connectivity index (χ2n) is 7.28. The second kappa shape index (κ2) is 11.9. The molecule has 0 aliphatic heterocycles. The van der Waals surface area contributed by atoms with Gasteiger partial charge in [-0.15, -0.1) is 11.3 Å². The first kappa shape index (κ1) is 23.3. The summed E-state index contributed by atoms with van der Waals surface area (Å²) in [5, 5.41) is 7.06. The number of anilines is 1. The molecule has 34 heavy (non-hydrogen) atoms. The maximum Gasteiger partial charge on any atom is 0.203 e. The molecule has 174 valence electrons. The summed E-state index contributed by atoms with van der Waals surface area (Å²) in [6, 6.07) is 23.7. The van der Waals surface area contributed by atoms with Crippen molar-refractivity contribution in [2.45, 2.75) is 20.5 Å². The summed E-state index contributed by atoms with van der Waals surface area (Å²) in [4.78, 5) is 4.57. The first-order chi connectivity index (χ1) is 16.7. The fraction of sp³-hybridized carbons (Fsp3) is 0.185. The van der Waals surface area contributed by atoms with Gasteiger partial charge in [0.1, 0.15) is 12.4 Å². The predicted molar refractivity (Wildman–Crippen MR) is 138 cm³/mol. The van der Waals surface area contributed by atoms with Crippen molar-refractivity contribution < 1.29 is 14.2 Å². The minimum Gasteiger partial charge on any atom is -0.490 e. The monoisotopic (exact) mass is 473 g/mol. The highest BCUT2D eigenvalue weighted by molar-refractivity contribution is 7.14. The Hall–Kier alpha value is -3.84. The Labute approximate surface area is 203 Å². The van der Waals surface area contributed by atoms with Gasteiger partial charge in [0.05, 0.1) is 25.1 Å². The van der Waals surface area contributed by atoms with Crippen LogP contribution in [0.25, 0.3) is 11.3 Å². The molecule has 4 aromatic rings. The molecule has 0 fully saturated rings. The standard InChI is InChI=1S/C27H27N3O3S/c1-3-31-25-15-12-21(16-26(25)32-4-2)18-33-23-13-10-20(11-14-23)17-28-30-27-29-24(19-34-27)22-8-6-5-7-9-22/h5-17,19H,3-4,18H2,1-2H3,(H,29,30). The van der Waals surface area contributed by atoms with Crippen LogP contribution in [0.1, 0.15) is 25.0 Å².